The van der Waals surface area contributed by atoms with Gasteiger partial charge < -0.3 is 15.4 Å². The summed E-state index contributed by atoms with van der Waals surface area (Å²) in [5.74, 6) is 0.0629. The molecule has 0 aliphatic carbocycles. The summed E-state index contributed by atoms with van der Waals surface area (Å²) >= 11 is 0. The van der Waals surface area contributed by atoms with Crippen molar-refractivity contribution >= 4 is 11.8 Å². The van der Waals surface area contributed by atoms with Crippen molar-refractivity contribution in [2.45, 2.75) is 65.1 Å². The monoisotopic (exact) mass is 401 g/mol. The zero-order valence-corrected chi connectivity index (χ0v) is 18.0. The molecule has 29 heavy (non-hydrogen) atoms. The van der Waals surface area contributed by atoms with E-state index in [1.165, 1.54) is 16.7 Å². The molecule has 2 aliphatic rings. The van der Waals surface area contributed by atoms with Gasteiger partial charge in [0.2, 0.25) is 11.8 Å². The minimum absolute atomic E-state index is 0.000230. The molecule has 2 fully saturated rings. The highest BCUT2D eigenvalue weighted by atomic mass is 16.5. The lowest BCUT2D eigenvalue weighted by Crippen LogP contribution is -2.48. The van der Waals surface area contributed by atoms with Crippen molar-refractivity contribution < 1.29 is 14.3 Å². The summed E-state index contributed by atoms with van der Waals surface area (Å²) < 4.78 is 5.52. The maximum atomic E-state index is 13.0. The molecule has 2 heterocycles. The first-order valence-corrected chi connectivity index (χ1v) is 10.8. The van der Waals surface area contributed by atoms with Gasteiger partial charge in [-0.3, -0.25) is 14.5 Å². The SMILES string of the molecule is CC(=O)N[C@H]1CC[C@@H](C(=O)NCc2cc(C)ccc2C)CN(C2CCOCC2)C1. The van der Waals surface area contributed by atoms with Crippen molar-refractivity contribution in [1.29, 1.82) is 0 Å². The van der Waals surface area contributed by atoms with E-state index < -0.39 is 0 Å². The summed E-state index contributed by atoms with van der Waals surface area (Å²) in [6.07, 6.45) is 3.61. The molecule has 2 amide bonds. The summed E-state index contributed by atoms with van der Waals surface area (Å²) in [6, 6.07) is 6.87. The molecule has 6 nitrogen and oxygen atoms in total. The van der Waals surface area contributed by atoms with Gasteiger partial charge in [0, 0.05) is 51.9 Å². The first-order chi connectivity index (χ1) is 13.9. The van der Waals surface area contributed by atoms with Gasteiger partial charge in [0.25, 0.3) is 0 Å². The predicted octanol–water partition coefficient (Wildman–Crippen LogP) is 2.32. The number of ether oxygens (including phenoxy) is 1. The average molecular weight is 402 g/mol. The second kappa shape index (κ2) is 10.2. The van der Waals surface area contributed by atoms with Crippen LogP contribution in [0, 0.1) is 19.8 Å². The second-order valence-corrected chi connectivity index (χ2v) is 8.62. The minimum atomic E-state index is -0.0540. The molecule has 0 spiro atoms. The third-order valence-electron chi connectivity index (χ3n) is 6.22. The Bertz CT molecular complexity index is 715. The van der Waals surface area contributed by atoms with Crippen LogP contribution in [0.4, 0.5) is 0 Å². The molecule has 0 saturated carbocycles. The number of hydrogen-bond donors (Lipinski definition) is 2. The van der Waals surface area contributed by atoms with Crippen LogP contribution in [0.15, 0.2) is 18.2 Å². The van der Waals surface area contributed by atoms with E-state index in [9.17, 15) is 9.59 Å². The van der Waals surface area contributed by atoms with Gasteiger partial charge in [-0.2, -0.15) is 0 Å². The van der Waals surface area contributed by atoms with E-state index in [1.807, 2.05) is 0 Å². The van der Waals surface area contributed by atoms with Crippen molar-refractivity contribution in [3.8, 4) is 0 Å². The van der Waals surface area contributed by atoms with Crippen molar-refractivity contribution in [1.82, 2.24) is 15.5 Å². The summed E-state index contributed by atoms with van der Waals surface area (Å²) in [6.45, 7) is 9.39. The van der Waals surface area contributed by atoms with E-state index in [0.29, 0.717) is 12.6 Å². The molecule has 3 rings (SSSR count). The average Bonchev–Trinajstić information content (AvgIpc) is 2.91. The van der Waals surface area contributed by atoms with E-state index in [-0.39, 0.29) is 23.8 Å². The maximum Gasteiger partial charge on any atom is 0.224 e. The Morgan fingerprint density at radius 1 is 1.10 bits per heavy atom. The van der Waals surface area contributed by atoms with E-state index in [2.05, 4.69) is 47.6 Å². The van der Waals surface area contributed by atoms with Crippen LogP contribution in [-0.4, -0.2) is 55.1 Å². The van der Waals surface area contributed by atoms with Crippen LogP contribution >= 0.6 is 0 Å². The fraction of sp³-hybridized carbons (Fsp3) is 0.652. The van der Waals surface area contributed by atoms with Gasteiger partial charge in [0.1, 0.15) is 0 Å². The molecular weight excluding hydrogens is 366 g/mol. The Balaban J connectivity index is 1.65. The lowest BCUT2D eigenvalue weighted by Gasteiger charge is -2.36. The van der Waals surface area contributed by atoms with Crippen LogP contribution in [0.1, 0.15) is 49.3 Å². The fourth-order valence-electron chi connectivity index (χ4n) is 4.51. The highest BCUT2D eigenvalue weighted by Crippen LogP contribution is 2.23. The van der Waals surface area contributed by atoms with Gasteiger partial charge in [-0.1, -0.05) is 23.8 Å². The van der Waals surface area contributed by atoms with Gasteiger partial charge >= 0.3 is 0 Å². The maximum absolute atomic E-state index is 13.0. The van der Waals surface area contributed by atoms with Crippen LogP contribution in [0.5, 0.6) is 0 Å². The van der Waals surface area contributed by atoms with Crippen LogP contribution in [-0.2, 0) is 20.9 Å². The van der Waals surface area contributed by atoms with Gasteiger partial charge in [0.15, 0.2) is 0 Å². The number of nitrogens with one attached hydrogen (secondary N) is 2. The number of amides is 2. The summed E-state index contributed by atoms with van der Waals surface area (Å²) in [4.78, 5) is 27.1. The van der Waals surface area contributed by atoms with Gasteiger partial charge in [-0.05, 0) is 50.7 Å². The topological polar surface area (TPSA) is 70.7 Å². The fourth-order valence-corrected chi connectivity index (χ4v) is 4.51. The lowest BCUT2D eigenvalue weighted by atomic mass is 9.99. The van der Waals surface area contributed by atoms with Crippen LogP contribution in [0.25, 0.3) is 0 Å². The zero-order valence-electron chi connectivity index (χ0n) is 18.0. The molecule has 2 atom stereocenters. The molecule has 2 saturated heterocycles. The van der Waals surface area contributed by atoms with Crippen LogP contribution < -0.4 is 10.6 Å². The Labute approximate surface area is 174 Å². The molecule has 0 radical (unpaired) electrons. The van der Waals surface area contributed by atoms with Crippen molar-refractivity contribution in [3.05, 3.63) is 34.9 Å². The first kappa shape index (κ1) is 21.8. The molecule has 160 valence electrons. The number of nitrogens with zero attached hydrogens (tertiary/aromatic N) is 1. The molecule has 2 N–H and O–H groups in total. The highest BCUT2D eigenvalue weighted by Gasteiger charge is 2.32. The molecule has 2 aliphatic heterocycles. The van der Waals surface area contributed by atoms with Gasteiger partial charge in [-0.25, -0.2) is 0 Å². The molecule has 0 unspecified atom stereocenters. The molecule has 6 heteroatoms. The summed E-state index contributed by atoms with van der Waals surface area (Å²) in [5, 5.41) is 6.24. The Hall–Kier alpha value is -1.92. The van der Waals surface area contributed by atoms with Crippen molar-refractivity contribution in [3.63, 3.8) is 0 Å². The second-order valence-electron chi connectivity index (χ2n) is 8.62. The number of aryl methyl sites for hydroxylation is 2. The summed E-state index contributed by atoms with van der Waals surface area (Å²) in [5.41, 5.74) is 3.58. The normalized spacial score (nSPS) is 24.0. The predicted molar refractivity (Wildman–Crippen MR) is 114 cm³/mol. The smallest absolute Gasteiger partial charge is 0.224 e. The molecule has 1 aromatic carbocycles. The third-order valence-corrected chi connectivity index (χ3v) is 6.22. The van der Waals surface area contributed by atoms with Gasteiger partial charge in [-0.15, -0.1) is 0 Å². The summed E-state index contributed by atoms with van der Waals surface area (Å²) in [7, 11) is 0. The van der Waals surface area contributed by atoms with Crippen LogP contribution in [0.3, 0.4) is 0 Å². The number of benzene rings is 1. The number of rotatable bonds is 5. The quantitative estimate of drug-likeness (QED) is 0.794. The molecule has 1 aromatic rings. The number of hydrogen-bond acceptors (Lipinski definition) is 4. The number of likely N-dealkylation sites (tertiary alicyclic amines) is 1. The zero-order chi connectivity index (χ0) is 20.8. The number of carbonyl (C=O) groups excluding carboxylic acids is 2. The Kier molecular flexibility index (Phi) is 7.67. The Morgan fingerprint density at radius 2 is 1.86 bits per heavy atom. The first-order valence-electron chi connectivity index (χ1n) is 10.8. The highest BCUT2D eigenvalue weighted by molar-refractivity contribution is 5.79. The van der Waals surface area contributed by atoms with E-state index in [1.54, 1.807) is 6.92 Å². The minimum Gasteiger partial charge on any atom is -0.381 e. The number of carbonyl (C=O) groups is 2. The molecule has 0 aromatic heterocycles. The molecule has 0 bridgehead atoms. The van der Waals surface area contributed by atoms with Crippen molar-refractivity contribution in [2.24, 2.45) is 5.92 Å². The third kappa shape index (κ3) is 6.28. The van der Waals surface area contributed by atoms with E-state index in [4.69, 9.17) is 4.74 Å². The van der Waals surface area contributed by atoms with Crippen molar-refractivity contribution in [2.75, 3.05) is 26.3 Å². The van der Waals surface area contributed by atoms with E-state index in [0.717, 1.165) is 52.0 Å². The molecular formula is C23H35N3O3. The Morgan fingerprint density at radius 3 is 2.59 bits per heavy atom. The van der Waals surface area contributed by atoms with Crippen LogP contribution in [0.2, 0.25) is 0 Å². The largest absolute Gasteiger partial charge is 0.381 e. The lowest BCUT2D eigenvalue weighted by molar-refractivity contribution is -0.126. The standard InChI is InChI=1S/C23H35N3O3/c1-16-4-5-17(2)20(12-16)13-24-23(28)19-6-7-21(25-18(3)27)15-26(14-19)22-8-10-29-11-9-22/h4-5,12,19,21-22H,6-11,13-15H2,1-3H3,(H,24,28)(H,25,27)/t19-,21+/m1/s1. The van der Waals surface area contributed by atoms with Gasteiger partial charge in [0.05, 0.1) is 5.92 Å². The van der Waals surface area contributed by atoms with E-state index >= 15 is 0 Å².